The van der Waals surface area contributed by atoms with Gasteiger partial charge in [-0.15, -0.1) is 0 Å². The minimum absolute atomic E-state index is 0.566. The molecule has 0 atom stereocenters. The van der Waals surface area contributed by atoms with Gasteiger partial charge in [0.2, 0.25) is 0 Å². The van der Waals surface area contributed by atoms with E-state index in [0.717, 1.165) is 26.1 Å². The summed E-state index contributed by atoms with van der Waals surface area (Å²) in [6.45, 7) is 13.3. The lowest BCUT2D eigenvalue weighted by Gasteiger charge is -2.08. The monoisotopic (exact) mass is 492 g/mol. The zero-order valence-corrected chi connectivity index (χ0v) is 22.5. The van der Waals surface area contributed by atoms with Gasteiger partial charge in [0.25, 0.3) is 0 Å². The van der Waals surface area contributed by atoms with Crippen molar-refractivity contribution in [2.45, 2.75) is 84.5 Å². The van der Waals surface area contributed by atoms with Crippen LogP contribution in [-0.4, -0.2) is 92.5 Å². The number of hydrogen-bond donors (Lipinski definition) is 0. The van der Waals surface area contributed by atoms with Gasteiger partial charge in [0.15, 0.2) is 0 Å². The standard InChI is InChI=1S/C27H56O7/c1-3-5-7-9-11-13-15-29-17-19-31-21-23-33-25-27-34-26-24-32-22-20-30-18-16-28-14-12-10-8-6-4-2/h3-27H2,1-2H3. The summed E-state index contributed by atoms with van der Waals surface area (Å²) in [7, 11) is 0. The van der Waals surface area contributed by atoms with Crippen molar-refractivity contribution in [2.24, 2.45) is 0 Å². The summed E-state index contributed by atoms with van der Waals surface area (Å²) < 4.78 is 38.6. The molecule has 0 saturated carbocycles. The predicted molar refractivity (Wildman–Crippen MR) is 138 cm³/mol. The number of unbranched alkanes of at least 4 members (excludes halogenated alkanes) is 9. The molecule has 0 spiro atoms. The van der Waals surface area contributed by atoms with E-state index in [1.165, 1.54) is 57.8 Å². The average Bonchev–Trinajstić information content (AvgIpc) is 2.85. The normalized spacial score (nSPS) is 11.5. The lowest BCUT2D eigenvalue weighted by Crippen LogP contribution is -2.14. The SMILES string of the molecule is CCCCCCCCOCCOCCOCCOCCOCCOCCOCCCCCCC. The van der Waals surface area contributed by atoms with Crippen LogP contribution >= 0.6 is 0 Å². The van der Waals surface area contributed by atoms with Crippen molar-refractivity contribution in [1.82, 2.24) is 0 Å². The van der Waals surface area contributed by atoms with Crippen LogP contribution in [0.25, 0.3) is 0 Å². The van der Waals surface area contributed by atoms with E-state index in [1.54, 1.807) is 0 Å². The molecule has 0 aliphatic rings. The maximum atomic E-state index is 5.58. The highest BCUT2D eigenvalue weighted by molar-refractivity contribution is 4.44. The Bertz CT molecular complexity index is 313. The predicted octanol–water partition coefficient (Wildman–Crippen LogP) is 5.43. The third-order valence-corrected chi connectivity index (χ3v) is 5.27. The first kappa shape index (κ1) is 33.7. The zero-order chi connectivity index (χ0) is 24.6. The fraction of sp³-hybridized carbons (Fsp3) is 1.00. The van der Waals surface area contributed by atoms with E-state index in [1.807, 2.05) is 0 Å². The molecule has 0 aromatic carbocycles. The average molecular weight is 493 g/mol. The number of rotatable bonds is 31. The van der Waals surface area contributed by atoms with Gasteiger partial charge in [0, 0.05) is 13.2 Å². The summed E-state index contributed by atoms with van der Waals surface area (Å²) in [5.74, 6) is 0. The molecule has 0 N–H and O–H groups in total. The highest BCUT2D eigenvalue weighted by atomic mass is 16.6. The van der Waals surface area contributed by atoms with Crippen molar-refractivity contribution in [3.63, 3.8) is 0 Å². The van der Waals surface area contributed by atoms with Crippen molar-refractivity contribution in [1.29, 1.82) is 0 Å². The summed E-state index contributed by atoms with van der Waals surface area (Å²) >= 11 is 0. The van der Waals surface area contributed by atoms with Crippen LogP contribution in [0.15, 0.2) is 0 Å². The molecule has 34 heavy (non-hydrogen) atoms. The van der Waals surface area contributed by atoms with Crippen LogP contribution in [0.5, 0.6) is 0 Å². The smallest absolute Gasteiger partial charge is 0.0701 e. The molecule has 0 unspecified atom stereocenters. The number of ether oxygens (including phenoxy) is 7. The van der Waals surface area contributed by atoms with Gasteiger partial charge in [-0.1, -0.05) is 71.6 Å². The molecule has 0 aliphatic heterocycles. The second-order valence-corrected chi connectivity index (χ2v) is 8.47. The van der Waals surface area contributed by atoms with Crippen molar-refractivity contribution >= 4 is 0 Å². The first-order chi connectivity index (χ1) is 16.9. The van der Waals surface area contributed by atoms with Crippen LogP contribution in [0.1, 0.15) is 84.5 Å². The largest absolute Gasteiger partial charge is 0.379 e. The Balaban J connectivity index is 2.99. The lowest BCUT2D eigenvalue weighted by atomic mass is 10.1. The molecule has 0 aliphatic carbocycles. The van der Waals surface area contributed by atoms with E-state index < -0.39 is 0 Å². The topological polar surface area (TPSA) is 64.6 Å². The highest BCUT2D eigenvalue weighted by Crippen LogP contribution is 2.05. The maximum Gasteiger partial charge on any atom is 0.0701 e. The molecule has 0 rings (SSSR count). The Kier molecular flexibility index (Phi) is 32.5. The molecule has 0 aromatic rings. The summed E-state index contributed by atoms with van der Waals surface area (Å²) in [6.07, 6.45) is 14.1. The van der Waals surface area contributed by atoms with Crippen LogP contribution in [0.2, 0.25) is 0 Å². The second-order valence-electron chi connectivity index (χ2n) is 8.47. The minimum Gasteiger partial charge on any atom is -0.379 e. The minimum atomic E-state index is 0.566. The molecular weight excluding hydrogens is 436 g/mol. The molecule has 0 aromatic heterocycles. The van der Waals surface area contributed by atoms with E-state index in [4.69, 9.17) is 33.2 Å². The van der Waals surface area contributed by atoms with Crippen LogP contribution < -0.4 is 0 Å². The van der Waals surface area contributed by atoms with Gasteiger partial charge >= 0.3 is 0 Å². The molecule has 206 valence electrons. The van der Waals surface area contributed by atoms with E-state index >= 15 is 0 Å². The van der Waals surface area contributed by atoms with E-state index in [9.17, 15) is 0 Å². The summed E-state index contributed by atoms with van der Waals surface area (Å²) in [4.78, 5) is 0. The van der Waals surface area contributed by atoms with Crippen LogP contribution in [0.4, 0.5) is 0 Å². The van der Waals surface area contributed by atoms with E-state index in [0.29, 0.717) is 79.3 Å². The fourth-order valence-electron chi connectivity index (χ4n) is 3.21. The maximum absolute atomic E-state index is 5.58. The Labute approximate surface area is 210 Å². The summed E-state index contributed by atoms with van der Waals surface area (Å²) in [6, 6.07) is 0. The van der Waals surface area contributed by atoms with Crippen LogP contribution in [0, 0.1) is 0 Å². The number of hydrogen-bond acceptors (Lipinski definition) is 7. The zero-order valence-electron chi connectivity index (χ0n) is 22.5. The quantitative estimate of drug-likeness (QED) is 0.120. The van der Waals surface area contributed by atoms with Gasteiger partial charge < -0.3 is 33.2 Å². The van der Waals surface area contributed by atoms with Crippen molar-refractivity contribution in [3.05, 3.63) is 0 Å². The third-order valence-electron chi connectivity index (χ3n) is 5.27. The van der Waals surface area contributed by atoms with Crippen molar-refractivity contribution in [3.8, 4) is 0 Å². The van der Waals surface area contributed by atoms with Crippen LogP contribution in [-0.2, 0) is 33.2 Å². The van der Waals surface area contributed by atoms with Crippen LogP contribution in [0.3, 0.4) is 0 Å². The lowest BCUT2D eigenvalue weighted by molar-refractivity contribution is -0.0206. The molecule has 0 heterocycles. The Morgan fingerprint density at radius 2 is 0.441 bits per heavy atom. The molecule has 0 radical (unpaired) electrons. The van der Waals surface area contributed by atoms with Gasteiger partial charge in [-0.25, -0.2) is 0 Å². The third kappa shape index (κ3) is 31.7. The van der Waals surface area contributed by atoms with E-state index in [-0.39, 0.29) is 0 Å². The first-order valence-corrected chi connectivity index (χ1v) is 14.0. The molecule has 0 saturated heterocycles. The summed E-state index contributed by atoms with van der Waals surface area (Å²) in [5.41, 5.74) is 0. The van der Waals surface area contributed by atoms with Gasteiger partial charge in [-0.2, -0.15) is 0 Å². The van der Waals surface area contributed by atoms with E-state index in [2.05, 4.69) is 13.8 Å². The van der Waals surface area contributed by atoms with Gasteiger partial charge in [-0.05, 0) is 12.8 Å². The second kappa shape index (κ2) is 32.7. The van der Waals surface area contributed by atoms with Gasteiger partial charge in [0.05, 0.1) is 79.3 Å². The Morgan fingerprint density at radius 3 is 0.706 bits per heavy atom. The Hall–Kier alpha value is -0.280. The first-order valence-electron chi connectivity index (χ1n) is 14.0. The van der Waals surface area contributed by atoms with Gasteiger partial charge in [-0.3, -0.25) is 0 Å². The van der Waals surface area contributed by atoms with Gasteiger partial charge in [0.1, 0.15) is 0 Å². The van der Waals surface area contributed by atoms with Crippen molar-refractivity contribution < 1.29 is 33.2 Å². The van der Waals surface area contributed by atoms with Crippen molar-refractivity contribution in [2.75, 3.05) is 92.5 Å². The fourth-order valence-corrected chi connectivity index (χ4v) is 3.21. The molecule has 0 amide bonds. The summed E-state index contributed by atoms with van der Waals surface area (Å²) in [5, 5.41) is 0. The molecule has 7 heteroatoms. The molecule has 0 fully saturated rings. The molecule has 0 bridgehead atoms. The highest BCUT2D eigenvalue weighted by Gasteiger charge is 1.96. The molecule has 7 nitrogen and oxygen atoms in total. The molecular formula is C27H56O7. The Morgan fingerprint density at radius 1 is 0.235 bits per heavy atom.